The van der Waals surface area contributed by atoms with Gasteiger partial charge in [0, 0.05) is 23.2 Å². The van der Waals surface area contributed by atoms with Gasteiger partial charge in [0.25, 0.3) is 0 Å². The van der Waals surface area contributed by atoms with Crippen LogP contribution in [0.1, 0.15) is 49.7 Å². The largest absolute Gasteiger partial charge is 0.313 e. The van der Waals surface area contributed by atoms with E-state index in [0.29, 0.717) is 0 Å². The molecule has 1 aromatic rings. The fourth-order valence-electron chi connectivity index (χ4n) is 3.38. The number of aryl methyl sites for hydroxylation is 2. The molecule has 1 aromatic carbocycles. The predicted molar refractivity (Wildman–Crippen MR) is 84.1 cm³/mol. The number of fused-ring (bicyclic) bond motifs is 1. The van der Waals surface area contributed by atoms with Crippen LogP contribution in [-0.2, 0) is 12.8 Å². The van der Waals surface area contributed by atoms with Crippen LogP contribution in [-0.4, -0.2) is 18.3 Å². The van der Waals surface area contributed by atoms with Crippen molar-refractivity contribution in [2.75, 3.05) is 12.3 Å². The number of rotatable bonds is 5. The van der Waals surface area contributed by atoms with Gasteiger partial charge in [0.2, 0.25) is 0 Å². The van der Waals surface area contributed by atoms with E-state index in [1.807, 2.05) is 11.8 Å². The molecule has 3 rings (SSSR count). The van der Waals surface area contributed by atoms with Crippen molar-refractivity contribution in [3.63, 3.8) is 0 Å². The zero-order valence-electron chi connectivity index (χ0n) is 11.8. The van der Waals surface area contributed by atoms with Gasteiger partial charge in [-0.05, 0) is 55.4 Å². The molecule has 0 spiro atoms. The van der Waals surface area contributed by atoms with Crippen LogP contribution < -0.4 is 5.32 Å². The quantitative estimate of drug-likeness (QED) is 0.639. The van der Waals surface area contributed by atoms with E-state index in [4.69, 9.17) is 0 Å². The average molecular weight is 275 g/mol. The summed E-state index contributed by atoms with van der Waals surface area (Å²) in [6.45, 7) is 1.16. The topological polar surface area (TPSA) is 12.0 Å². The van der Waals surface area contributed by atoms with Crippen molar-refractivity contribution in [2.45, 2.75) is 62.3 Å². The summed E-state index contributed by atoms with van der Waals surface area (Å²) < 4.78 is 0. The van der Waals surface area contributed by atoms with Gasteiger partial charge in [-0.25, -0.2) is 0 Å². The van der Waals surface area contributed by atoms with Crippen molar-refractivity contribution in [3.05, 3.63) is 29.3 Å². The molecule has 1 nitrogen and oxygen atoms in total. The third-order valence-corrected chi connectivity index (χ3v) is 5.47. The summed E-state index contributed by atoms with van der Waals surface area (Å²) in [5.41, 5.74) is 3.19. The maximum absolute atomic E-state index is 3.72. The molecule has 2 aliphatic rings. The number of hydrogen-bond acceptors (Lipinski definition) is 2. The van der Waals surface area contributed by atoms with E-state index in [1.165, 1.54) is 62.0 Å². The Bertz CT molecular complexity index is 410. The van der Waals surface area contributed by atoms with Crippen LogP contribution in [0.2, 0.25) is 0 Å². The number of nitrogens with one attached hydrogen (secondary N) is 1. The van der Waals surface area contributed by atoms with Crippen LogP contribution in [0.15, 0.2) is 23.1 Å². The second-order valence-electron chi connectivity index (χ2n) is 5.92. The molecule has 1 fully saturated rings. The third-order valence-electron chi connectivity index (χ3n) is 4.48. The van der Waals surface area contributed by atoms with Crippen LogP contribution in [0.25, 0.3) is 0 Å². The van der Waals surface area contributed by atoms with Crippen molar-refractivity contribution in [2.24, 2.45) is 0 Å². The third kappa shape index (κ3) is 3.76. The van der Waals surface area contributed by atoms with E-state index in [1.54, 1.807) is 11.1 Å². The Kier molecular flexibility index (Phi) is 4.84. The van der Waals surface area contributed by atoms with Crippen LogP contribution in [0.3, 0.4) is 0 Å². The Balaban J connectivity index is 1.40. The molecule has 2 aliphatic carbocycles. The highest BCUT2D eigenvalue weighted by Crippen LogP contribution is 2.27. The first kappa shape index (κ1) is 13.5. The maximum Gasteiger partial charge on any atom is 0.0106 e. The van der Waals surface area contributed by atoms with Crippen LogP contribution >= 0.6 is 11.8 Å². The highest BCUT2D eigenvalue weighted by atomic mass is 32.2. The Labute approximate surface area is 121 Å². The molecule has 0 radical (unpaired) electrons. The molecule has 0 unspecified atom stereocenters. The molecule has 19 heavy (non-hydrogen) atoms. The van der Waals surface area contributed by atoms with E-state index in [-0.39, 0.29) is 0 Å². The van der Waals surface area contributed by atoms with Gasteiger partial charge in [0.05, 0.1) is 0 Å². The van der Waals surface area contributed by atoms with E-state index in [0.717, 1.165) is 12.6 Å². The normalized spacial score (nSPS) is 19.6. The van der Waals surface area contributed by atoms with Gasteiger partial charge < -0.3 is 5.32 Å². The van der Waals surface area contributed by atoms with Crippen molar-refractivity contribution in [3.8, 4) is 0 Å². The first-order chi connectivity index (χ1) is 9.42. The summed E-state index contributed by atoms with van der Waals surface area (Å²) in [5, 5.41) is 3.72. The molecular formula is C17H25NS. The van der Waals surface area contributed by atoms with Gasteiger partial charge in [-0.3, -0.25) is 0 Å². The molecule has 0 aliphatic heterocycles. The molecule has 0 bridgehead atoms. The number of thioether (sulfide) groups is 1. The minimum Gasteiger partial charge on any atom is -0.313 e. The smallest absolute Gasteiger partial charge is 0.0106 e. The molecule has 1 N–H and O–H groups in total. The Hall–Kier alpha value is -0.470. The molecule has 1 saturated carbocycles. The molecule has 0 amide bonds. The zero-order valence-corrected chi connectivity index (χ0v) is 12.6. The minimum absolute atomic E-state index is 0.800. The highest BCUT2D eigenvalue weighted by Gasteiger charge is 2.13. The van der Waals surface area contributed by atoms with Crippen molar-refractivity contribution in [1.29, 1.82) is 0 Å². The minimum atomic E-state index is 0.800. The summed E-state index contributed by atoms with van der Waals surface area (Å²) >= 11 is 2.01. The van der Waals surface area contributed by atoms with Crippen molar-refractivity contribution < 1.29 is 0 Å². The van der Waals surface area contributed by atoms with Crippen molar-refractivity contribution in [1.82, 2.24) is 5.32 Å². The molecule has 0 saturated heterocycles. The highest BCUT2D eigenvalue weighted by molar-refractivity contribution is 7.99. The number of benzene rings is 1. The summed E-state index contributed by atoms with van der Waals surface area (Å²) in [7, 11) is 0. The van der Waals surface area contributed by atoms with E-state index in [9.17, 15) is 0 Å². The second kappa shape index (κ2) is 6.81. The first-order valence-corrected chi connectivity index (χ1v) is 8.88. The van der Waals surface area contributed by atoms with Gasteiger partial charge in [0.1, 0.15) is 0 Å². The Morgan fingerprint density at radius 1 is 1.00 bits per heavy atom. The SMILES string of the molecule is c1cc2c(cc1SCCNC1CCCCC1)CCC2. The van der Waals surface area contributed by atoms with E-state index in [2.05, 4.69) is 23.5 Å². The summed E-state index contributed by atoms with van der Waals surface area (Å²) in [4.78, 5) is 1.46. The van der Waals surface area contributed by atoms with Crippen LogP contribution in [0, 0.1) is 0 Å². The lowest BCUT2D eigenvalue weighted by atomic mass is 9.96. The molecule has 0 heterocycles. The summed E-state index contributed by atoms with van der Waals surface area (Å²) in [5.74, 6) is 1.20. The number of hydrogen-bond donors (Lipinski definition) is 1. The van der Waals surface area contributed by atoms with Gasteiger partial charge in [-0.15, -0.1) is 11.8 Å². The van der Waals surface area contributed by atoms with Crippen molar-refractivity contribution >= 4 is 11.8 Å². The van der Waals surface area contributed by atoms with Crippen LogP contribution in [0.5, 0.6) is 0 Å². The lowest BCUT2D eigenvalue weighted by molar-refractivity contribution is 0.381. The molecule has 2 heteroatoms. The monoisotopic (exact) mass is 275 g/mol. The lowest BCUT2D eigenvalue weighted by Gasteiger charge is -2.22. The lowest BCUT2D eigenvalue weighted by Crippen LogP contribution is -2.32. The van der Waals surface area contributed by atoms with Gasteiger partial charge in [-0.2, -0.15) is 0 Å². The second-order valence-corrected chi connectivity index (χ2v) is 7.09. The Morgan fingerprint density at radius 2 is 1.84 bits per heavy atom. The molecule has 0 atom stereocenters. The van der Waals surface area contributed by atoms with E-state index >= 15 is 0 Å². The average Bonchev–Trinajstić information content (AvgIpc) is 2.92. The maximum atomic E-state index is 3.72. The van der Waals surface area contributed by atoms with Crippen LogP contribution in [0.4, 0.5) is 0 Å². The van der Waals surface area contributed by atoms with Gasteiger partial charge >= 0.3 is 0 Å². The fraction of sp³-hybridized carbons (Fsp3) is 0.647. The van der Waals surface area contributed by atoms with Gasteiger partial charge in [0.15, 0.2) is 0 Å². The fourth-order valence-corrected chi connectivity index (χ4v) is 4.22. The predicted octanol–water partition coefficient (Wildman–Crippen LogP) is 4.19. The summed E-state index contributed by atoms with van der Waals surface area (Å²) in [6, 6.07) is 7.89. The molecule has 0 aromatic heterocycles. The Morgan fingerprint density at radius 3 is 2.74 bits per heavy atom. The van der Waals surface area contributed by atoms with Gasteiger partial charge in [-0.1, -0.05) is 25.3 Å². The first-order valence-electron chi connectivity index (χ1n) is 7.90. The standard InChI is InChI=1S/C17H25NS/c1-2-7-16(8-3-1)18-11-12-19-17-10-9-14-5-4-6-15(14)13-17/h9-10,13,16,18H,1-8,11-12H2. The summed E-state index contributed by atoms with van der Waals surface area (Å²) in [6.07, 6.45) is 11.0. The zero-order chi connectivity index (χ0) is 12.9. The molecule has 104 valence electrons. The molecular weight excluding hydrogens is 250 g/mol. The van der Waals surface area contributed by atoms with E-state index < -0.39 is 0 Å².